The number of hydrogen-bond acceptors (Lipinski definition) is 3. The highest BCUT2D eigenvalue weighted by atomic mass is 19.1. The van der Waals surface area contributed by atoms with Gasteiger partial charge in [-0.2, -0.15) is 0 Å². The molecular weight excluding hydrogens is 235 g/mol. The molecule has 2 rings (SSSR count). The smallest absolute Gasteiger partial charge is 0.274 e. The lowest BCUT2D eigenvalue weighted by Gasteiger charge is -2.07. The van der Waals surface area contributed by atoms with Crippen LogP contribution in [0.2, 0.25) is 0 Å². The third-order valence-electron chi connectivity index (χ3n) is 2.36. The van der Waals surface area contributed by atoms with E-state index in [0.717, 1.165) is 17.8 Å². The molecule has 0 saturated heterocycles. The number of aromatic nitrogens is 1. The lowest BCUT2D eigenvalue weighted by Crippen LogP contribution is -2.13. The average Bonchev–Trinajstić information content (AvgIpc) is 2.33. The average molecular weight is 246 g/mol. The van der Waals surface area contributed by atoms with Crippen LogP contribution in [0.5, 0.6) is 5.75 Å². The lowest BCUT2D eigenvalue weighted by molar-refractivity contribution is 0.102. The van der Waals surface area contributed by atoms with Gasteiger partial charge in [0.15, 0.2) is 0 Å². The summed E-state index contributed by atoms with van der Waals surface area (Å²) in [5.41, 5.74) is 1.25. The second-order valence-electron chi connectivity index (χ2n) is 3.84. The molecule has 1 heterocycles. The van der Waals surface area contributed by atoms with E-state index in [1.165, 1.54) is 12.1 Å². The molecule has 0 bridgehead atoms. The standard InChI is InChI=1S/C13H11FN2O2/c1-8-2-4-10(12(17)6-8)16-13(18)11-5-3-9(14)7-15-11/h2-7,17H,1H3,(H,16,18). The molecule has 4 nitrogen and oxygen atoms in total. The highest BCUT2D eigenvalue weighted by molar-refractivity contribution is 6.03. The molecule has 0 aliphatic carbocycles. The molecule has 5 heteroatoms. The van der Waals surface area contributed by atoms with E-state index in [-0.39, 0.29) is 17.1 Å². The minimum absolute atomic E-state index is 0.0227. The largest absolute Gasteiger partial charge is 0.506 e. The Labute approximate surface area is 103 Å². The van der Waals surface area contributed by atoms with Gasteiger partial charge in [0.1, 0.15) is 17.3 Å². The molecule has 2 N–H and O–H groups in total. The topological polar surface area (TPSA) is 62.2 Å². The molecule has 0 fully saturated rings. The van der Waals surface area contributed by atoms with Crippen LogP contribution in [0, 0.1) is 12.7 Å². The molecule has 0 radical (unpaired) electrons. The minimum atomic E-state index is -0.510. The number of nitrogens with zero attached hydrogens (tertiary/aromatic N) is 1. The Kier molecular flexibility index (Phi) is 3.23. The quantitative estimate of drug-likeness (QED) is 0.800. The van der Waals surface area contributed by atoms with Crippen LogP contribution in [0.1, 0.15) is 16.1 Å². The van der Waals surface area contributed by atoms with Crippen LogP contribution >= 0.6 is 0 Å². The predicted octanol–water partition coefficient (Wildman–Crippen LogP) is 2.49. The number of anilines is 1. The number of pyridine rings is 1. The Bertz CT molecular complexity index is 582. The van der Waals surface area contributed by atoms with Crippen molar-refractivity contribution < 1.29 is 14.3 Å². The first-order valence-corrected chi connectivity index (χ1v) is 5.29. The van der Waals surface area contributed by atoms with Crippen molar-refractivity contribution >= 4 is 11.6 Å². The van der Waals surface area contributed by atoms with Crippen LogP contribution in [-0.2, 0) is 0 Å². The third kappa shape index (κ3) is 2.63. The number of aryl methyl sites for hydroxylation is 1. The monoisotopic (exact) mass is 246 g/mol. The van der Waals surface area contributed by atoms with Crippen molar-refractivity contribution in [3.05, 3.63) is 53.6 Å². The summed E-state index contributed by atoms with van der Waals surface area (Å²) >= 11 is 0. The normalized spacial score (nSPS) is 10.1. The Morgan fingerprint density at radius 3 is 2.72 bits per heavy atom. The lowest BCUT2D eigenvalue weighted by atomic mass is 10.2. The second kappa shape index (κ2) is 4.83. The highest BCUT2D eigenvalue weighted by Crippen LogP contribution is 2.24. The van der Waals surface area contributed by atoms with Crippen molar-refractivity contribution in [2.75, 3.05) is 5.32 Å². The van der Waals surface area contributed by atoms with Gasteiger partial charge in [-0.15, -0.1) is 0 Å². The van der Waals surface area contributed by atoms with Crippen LogP contribution in [0.4, 0.5) is 10.1 Å². The molecule has 1 aromatic heterocycles. The number of nitrogens with one attached hydrogen (secondary N) is 1. The molecule has 0 aliphatic heterocycles. The van der Waals surface area contributed by atoms with Crippen LogP contribution in [0.15, 0.2) is 36.5 Å². The van der Waals surface area contributed by atoms with E-state index in [4.69, 9.17) is 0 Å². The molecule has 0 unspecified atom stereocenters. The summed E-state index contributed by atoms with van der Waals surface area (Å²) in [5, 5.41) is 12.1. The van der Waals surface area contributed by atoms with Gasteiger partial charge in [-0.25, -0.2) is 9.37 Å². The van der Waals surface area contributed by atoms with Gasteiger partial charge in [-0.3, -0.25) is 4.79 Å². The predicted molar refractivity (Wildman–Crippen MR) is 65.0 cm³/mol. The number of hydrogen-bond donors (Lipinski definition) is 2. The summed E-state index contributed by atoms with van der Waals surface area (Å²) in [4.78, 5) is 15.4. The van der Waals surface area contributed by atoms with Crippen molar-refractivity contribution in [1.82, 2.24) is 4.98 Å². The van der Waals surface area contributed by atoms with Gasteiger partial charge in [0.25, 0.3) is 5.91 Å². The minimum Gasteiger partial charge on any atom is -0.506 e. The molecular formula is C13H11FN2O2. The summed E-state index contributed by atoms with van der Waals surface area (Å²) in [5.74, 6) is -1.04. The van der Waals surface area contributed by atoms with E-state index in [1.54, 1.807) is 12.1 Å². The number of rotatable bonds is 2. The van der Waals surface area contributed by atoms with E-state index in [2.05, 4.69) is 10.3 Å². The summed E-state index contributed by atoms with van der Waals surface area (Å²) < 4.78 is 12.7. The maximum atomic E-state index is 12.7. The second-order valence-corrected chi connectivity index (χ2v) is 3.84. The fraction of sp³-hybridized carbons (Fsp3) is 0.0769. The maximum Gasteiger partial charge on any atom is 0.274 e. The van der Waals surface area contributed by atoms with Crippen molar-refractivity contribution in [1.29, 1.82) is 0 Å². The molecule has 1 aromatic carbocycles. The van der Waals surface area contributed by atoms with Crippen molar-refractivity contribution in [2.24, 2.45) is 0 Å². The number of benzene rings is 1. The van der Waals surface area contributed by atoms with Gasteiger partial charge in [-0.1, -0.05) is 6.07 Å². The fourth-order valence-electron chi connectivity index (χ4n) is 1.44. The van der Waals surface area contributed by atoms with Crippen molar-refractivity contribution in [3.8, 4) is 5.75 Å². The summed E-state index contributed by atoms with van der Waals surface area (Å²) in [7, 11) is 0. The van der Waals surface area contributed by atoms with Gasteiger partial charge in [0.2, 0.25) is 0 Å². The van der Waals surface area contributed by atoms with Crippen LogP contribution < -0.4 is 5.32 Å². The first-order valence-electron chi connectivity index (χ1n) is 5.29. The first kappa shape index (κ1) is 12.0. The molecule has 0 saturated carbocycles. The first-order chi connectivity index (χ1) is 8.56. The van der Waals surface area contributed by atoms with E-state index < -0.39 is 11.7 Å². The molecule has 0 atom stereocenters. The molecule has 0 spiro atoms. The number of carbonyl (C=O) groups is 1. The number of carbonyl (C=O) groups excluding carboxylic acids is 1. The molecule has 0 aliphatic rings. The zero-order chi connectivity index (χ0) is 13.1. The SMILES string of the molecule is Cc1ccc(NC(=O)c2ccc(F)cn2)c(O)c1. The number of amides is 1. The fourth-order valence-corrected chi connectivity index (χ4v) is 1.44. The van der Waals surface area contributed by atoms with Gasteiger partial charge >= 0.3 is 0 Å². The van der Waals surface area contributed by atoms with E-state index >= 15 is 0 Å². The third-order valence-corrected chi connectivity index (χ3v) is 2.36. The van der Waals surface area contributed by atoms with Gasteiger partial charge < -0.3 is 10.4 Å². The Morgan fingerprint density at radius 1 is 1.33 bits per heavy atom. The Hall–Kier alpha value is -2.43. The van der Waals surface area contributed by atoms with Crippen LogP contribution in [0.25, 0.3) is 0 Å². The zero-order valence-electron chi connectivity index (χ0n) is 9.64. The van der Waals surface area contributed by atoms with Gasteiger partial charge in [0.05, 0.1) is 11.9 Å². The van der Waals surface area contributed by atoms with E-state index in [0.29, 0.717) is 0 Å². The number of phenols is 1. The summed E-state index contributed by atoms with van der Waals surface area (Å²) in [6.07, 6.45) is 0.962. The summed E-state index contributed by atoms with van der Waals surface area (Å²) in [6, 6.07) is 7.31. The molecule has 1 amide bonds. The van der Waals surface area contributed by atoms with E-state index in [9.17, 15) is 14.3 Å². The van der Waals surface area contributed by atoms with Crippen LogP contribution in [-0.4, -0.2) is 16.0 Å². The summed E-state index contributed by atoms with van der Waals surface area (Å²) in [6.45, 7) is 1.83. The highest BCUT2D eigenvalue weighted by Gasteiger charge is 2.10. The van der Waals surface area contributed by atoms with Crippen molar-refractivity contribution in [2.45, 2.75) is 6.92 Å². The maximum absolute atomic E-state index is 12.7. The number of aromatic hydroxyl groups is 1. The number of halogens is 1. The molecule has 2 aromatic rings. The van der Waals surface area contributed by atoms with Crippen LogP contribution in [0.3, 0.4) is 0 Å². The Morgan fingerprint density at radius 2 is 2.11 bits per heavy atom. The van der Waals surface area contributed by atoms with Gasteiger partial charge in [-0.05, 0) is 36.8 Å². The van der Waals surface area contributed by atoms with E-state index in [1.807, 2.05) is 6.92 Å². The zero-order valence-corrected chi connectivity index (χ0v) is 9.64. The molecule has 92 valence electrons. The van der Waals surface area contributed by atoms with Gasteiger partial charge in [0, 0.05) is 0 Å². The number of phenolic OH excluding ortho intramolecular Hbond substituents is 1. The van der Waals surface area contributed by atoms with Crippen molar-refractivity contribution in [3.63, 3.8) is 0 Å². The Balaban J connectivity index is 2.18. The molecule has 18 heavy (non-hydrogen) atoms.